The predicted molar refractivity (Wildman–Crippen MR) is 84.7 cm³/mol. The van der Waals surface area contributed by atoms with Crippen LogP contribution < -0.4 is 9.47 Å². The van der Waals surface area contributed by atoms with Crippen molar-refractivity contribution in [3.8, 4) is 23.0 Å². The Morgan fingerprint density at radius 1 is 1.05 bits per heavy atom. The molecule has 0 spiro atoms. The molecule has 0 atom stereocenters. The third-order valence-corrected chi connectivity index (χ3v) is 3.71. The number of rotatable bonds is 5. The Kier molecular flexibility index (Phi) is 5.15. The second-order valence-electron chi connectivity index (χ2n) is 6.13. The number of allylic oxidation sites excluding steroid dienone is 2. The molecule has 0 aliphatic heterocycles. The van der Waals surface area contributed by atoms with Crippen LogP contribution in [0, 0.1) is 6.92 Å². The van der Waals surface area contributed by atoms with Gasteiger partial charge in [0.25, 0.3) is 0 Å². The molecular formula is C17H26O4. The van der Waals surface area contributed by atoms with Crippen molar-refractivity contribution in [1.82, 2.24) is 0 Å². The van der Waals surface area contributed by atoms with E-state index in [4.69, 9.17) is 9.47 Å². The molecule has 0 aliphatic carbocycles. The quantitative estimate of drug-likeness (QED) is 0.635. The Bertz CT molecular complexity index is 553. The van der Waals surface area contributed by atoms with Gasteiger partial charge in [-0.2, -0.15) is 0 Å². The zero-order chi connectivity index (χ0) is 16.4. The minimum absolute atomic E-state index is 0.00688. The van der Waals surface area contributed by atoms with E-state index in [1.807, 2.05) is 27.7 Å². The molecule has 0 heterocycles. The van der Waals surface area contributed by atoms with E-state index >= 15 is 0 Å². The summed E-state index contributed by atoms with van der Waals surface area (Å²) >= 11 is 0. The molecule has 0 radical (unpaired) electrons. The minimum atomic E-state index is -0.345. The van der Waals surface area contributed by atoms with Gasteiger partial charge in [0.2, 0.25) is 11.5 Å². The molecule has 0 fully saturated rings. The van der Waals surface area contributed by atoms with E-state index in [9.17, 15) is 10.2 Å². The number of ether oxygens (including phenoxy) is 2. The molecule has 4 nitrogen and oxygen atoms in total. The molecule has 0 amide bonds. The standard InChI is InChI=1S/C17H26O4/c1-10(2)8-9-17(4,5)12-11(3)13(18)15(20-6)16(21-7)14(12)19/h8,18-19H,9H2,1-7H3. The molecule has 118 valence electrons. The van der Waals surface area contributed by atoms with Gasteiger partial charge in [-0.25, -0.2) is 0 Å². The van der Waals surface area contributed by atoms with Gasteiger partial charge in [-0.1, -0.05) is 25.5 Å². The number of hydrogen-bond acceptors (Lipinski definition) is 4. The van der Waals surface area contributed by atoms with Gasteiger partial charge in [-0.05, 0) is 32.6 Å². The van der Waals surface area contributed by atoms with E-state index in [0.29, 0.717) is 11.1 Å². The monoisotopic (exact) mass is 294 g/mol. The second kappa shape index (κ2) is 6.29. The van der Waals surface area contributed by atoms with Crippen LogP contribution in [0.2, 0.25) is 0 Å². The van der Waals surface area contributed by atoms with Gasteiger partial charge in [0.15, 0.2) is 11.5 Å². The zero-order valence-corrected chi connectivity index (χ0v) is 14.0. The minimum Gasteiger partial charge on any atom is -0.504 e. The summed E-state index contributed by atoms with van der Waals surface area (Å²) in [5, 5.41) is 20.9. The van der Waals surface area contributed by atoms with Crippen LogP contribution in [0.5, 0.6) is 23.0 Å². The largest absolute Gasteiger partial charge is 0.504 e. The van der Waals surface area contributed by atoms with Crippen molar-refractivity contribution < 1.29 is 19.7 Å². The number of hydrogen-bond donors (Lipinski definition) is 2. The molecule has 4 heteroatoms. The number of methoxy groups -OCH3 is 2. The number of phenols is 2. The lowest BCUT2D eigenvalue weighted by Crippen LogP contribution is -2.18. The van der Waals surface area contributed by atoms with Gasteiger partial charge in [0.1, 0.15) is 0 Å². The summed E-state index contributed by atoms with van der Waals surface area (Å²) in [4.78, 5) is 0. The van der Waals surface area contributed by atoms with Crippen molar-refractivity contribution in [3.05, 3.63) is 22.8 Å². The summed E-state index contributed by atoms with van der Waals surface area (Å²) in [6, 6.07) is 0. The first-order valence-electron chi connectivity index (χ1n) is 6.97. The van der Waals surface area contributed by atoms with Crippen LogP contribution in [0.1, 0.15) is 45.2 Å². The zero-order valence-electron chi connectivity index (χ0n) is 14.0. The smallest absolute Gasteiger partial charge is 0.207 e. The second-order valence-corrected chi connectivity index (χ2v) is 6.13. The van der Waals surface area contributed by atoms with Crippen LogP contribution in [0.4, 0.5) is 0 Å². The van der Waals surface area contributed by atoms with E-state index in [1.165, 1.54) is 19.8 Å². The summed E-state index contributed by atoms with van der Waals surface area (Å²) in [7, 11) is 2.88. The molecule has 0 saturated heterocycles. The van der Waals surface area contributed by atoms with Crippen molar-refractivity contribution >= 4 is 0 Å². The van der Waals surface area contributed by atoms with E-state index in [-0.39, 0.29) is 28.4 Å². The van der Waals surface area contributed by atoms with Crippen LogP contribution in [-0.4, -0.2) is 24.4 Å². The van der Waals surface area contributed by atoms with E-state index in [0.717, 1.165) is 6.42 Å². The first-order chi connectivity index (χ1) is 9.67. The fourth-order valence-electron chi connectivity index (χ4n) is 2.56. The van der Waals surface area contributed by atoms with Crippen molar-refractivity contribution in [2.45, 2.75) is 46.5 Å². The fraction of sp³-hybridized carbons (Fsp3) is 0.529. The highest BCUT2D eigenvalue weighted by Gasteiger charge is 2.32. The van der Waals surface area contributed by atoms with Gasteiger partial charge in [0.05, 0.1) is 14.2 Å². The number of benzene rings is 1. The maximum Gasteiger partial charge on any atom is 0.207 e. The molecule has 1 aromatic carbocycles. The molecule has 0 saturated carbocycles. The van der Waals surface area contributed by atoms with Crippen LogP contribution in [0.15, 0.2) is 11.6 Å². The Hall–Kier alpha value is -1.84. The van der Waals surface area contributed by atoms with Gasteiger partial charge in [0, 0.05) is 11.1 Å². The number of aromatic hydroxyl groups is 2. The summed E-state index contributed by atoms with van der Waals surface area (Å²) < 4.78 is 10.4. The van der Waals surface area contributed by atoms with Crippen LogP contribution >= 0.6 is 0 Å². The molecule has 0 unspecified atom stereocenters. The van der Waals surface area contributed by atoms with E-state index < -0.39 is 0 Å². The molecular weight excluding hydrogens is 268 g/mol. The Labute approximate surface area is 127 Å². The Balaban J connectivity index is 3.56. The van der Waals surface area contributed by atoms with Crippen molar-refractivity contribution in [1.29, 1.82) is 0 Å². The number of phenolic OH excluding ortho intramolecular Hbond substituents is 2. The third-order valence-electron chi connectivity index (χ3n) is 3.71. The third kappa shape index (κ3) is 3.26. The maximum absolute atomic E-state index is 10.6. The highest BCUT2D eigenvalue weighted by molar-refractivity contribution is 5.67. The van der Waals surface area contributed by atoms with Gasteiger partial charge in [-0.3, -0.25) is 0 Å². The summed E-state index contributed by atoms with van der Waals surface area (Å²) in [5.41, 5.74) is 2.15. The summed E-state index contributed by atoms with van der Waals surface area (Å²) in [5.74, 6) is 0.361. The molecule has 1 rings (SSSR count). The lowest BCUT2D eigenvalue weighted by atomic mass is 9.77. The first-order valence-corrected chi connectivity index (χ1v) is 6.97. The van der Waals surface area contributed by atoms with Crippen LogP contribution in [-0.2, 0) is 5.41 Å². The molecule has 21 heavy (non-hydrogen) atoms. The Morgan fingerprint density at radius 2 is 1.52 bits per heavy atom. The summed E-state index contributed by atoms with van der Waals surface area (Å²) in [6.45, 7) is 9.90. The molecule has 0 aliphatic rings. The maximum atomic E-state index is 10.6. The highest BCUT2D eigenvalue weighted by Crippen LogP contribution is 2.52. The lowest BCUT2D eigenvalue weighted by molar-refractivity contribution is 0.309. The van der Waals surface area contributed by atoms with Crippen molar-refractivity contribution in [2.24, 2.45) is 0 Å². The molecule has 0 aromatic heterocycles. The van der Waals surface area contributed by atoms with Crippen LogP contribution in [0.25, 0.3) is 0 Å². The molecule has 1 aromatic rings. The van der Waals surface area contributed by atoms with Gasteiger partial charge >= 0.3 is 0 Å². The molecule has 2 N–H and O–H groups in total. The Morgan fingerprint density at radius 3 is 1.95 bits per heavy atom. The topological polar surface area (TPSA) is 58.9 Å². The SMILES string of the molecule is COc1c(O)c(C)c(C(C)(C)CC=C(C)C)c(O)c1OC. The lowest BCUT2D eigenvalue weighted by Gasteiger charge is -2.29. The predicted octanol–water partition coefficient (Wildman–Crippen LogP) is 4.06. The van der Waals surface area contributed by atoms with Gasteiger partial charge < -0.3 is 19.7 Å². The highest BCUT2D eigenvalue weighted by atomic mass is 16.5. The molecule has 0 bridgehead atoms. The normalized spacial score (nSPS) is 11.2. The first kappa shape index (κ1) is 17.2. The van der Waals surface area contributed by atoms with Crippen molar-refractivity contribution in [2.75, 3.05) is 14.2 Å². The van der Waals surface area contributed by atoms with Gasteiger partial charge in [-0.15, -0.1) is 0 Å². The van der Waals surface area contributed by atoms with Crippen molar-refractivity contribution in [3.63, 3.8) is 0 Å². The summed E-state index contributed by atoms with van der Waals surface area (Å²) in [6.07, 6.45) is 2.87. The van der Waals surface area contributed by atoms with Crippen LogP contribution in [0.3, 0.4) is 0 Å². The fourth-order valence-corrected chi connectivity index (χ4v) is 2.56. The van der Waals surface area contributed by atoms with E-state index in [2.05, 4.69) is 6.08 Å². The van der Waals surface area contributed by atoms with E-state index in [1.54, 1.807) is 6.92 Å². The average molecular weight is 294 g/mol. The average Bonchev–Trinajstić information content (AvgIpc) is 2.40.